The highest BCUT2D eigenvalue weighted by Gasteiger charge is 2.21. The van der Waals surface area contributed by atoms with Gasteiger partial charge in [-0.3, -0.25) is 4.79 Å². The van der Waals surface area contributed by atoms with Crippen molar-refractivity contribution in [2.24, 2.45) is 0 Å². The Balaban J connectivity index is 1.98. The monoisotopic (exact) mass is 290 g/mol. The van der Waals surface area contributed by atoms with Crippen LogP contribution in [0.1, 0.15) is 44.2 Å². The van der Waals surface area contributed by atoms with Crippen molar-refractivity contribution in [3.05, 3.63) is 29.8 Å². The highest BCUT2D eigenvalue weighted by molar-refractivity contribution is 5.76. The molecule has 0 saturated carbocycles. The highest BCUT2D eigenvalue weighted by Crippen LogP contribution is 2.21. The molecular formula is C17H26N2O2. The Morgan fingerprint density at radius 1 is 1.29 bits per heavy atom. The number of piperidine rings is 1. The third kappa shape index (κ3) is 4.46. The van der Waals surface area contributed by atoms with E-state index in [0.717, 1.165) is 44.7 Å². The number of hydrogen-bond acceptors (Lipinski definition) is 3. The lowest BCUT2D eigenvalue weighted by Gasteiger charge is -2.30. The zero-order chi connectivity index (χ0) is 15.1. The molecular weight excluding hydrogens is 264 g/mol. The van der Waals surface area contributed by atoms with Crippen molar-refractivity contribution in [1.82, 2.24) is 10.2 Å². The van der Waals surface area contributed by atoms with Gasteiger partial charge in [0, 0.05) is 25.6 Å². The molecule has 1 aliphatic rings. The fourth-order valence-electron chi connectivity index (χ4n) is 2.65. The van der Waals surface area contributed by atoms with Crippen LogP contribution in [0.2, 0.25) is 0 Å². The quantitative estimate of drug-likeness (QED) is 0.839. The average molecular weight is 290 g/mol. The molecule has 1 aromatic carbocycles. The molecule has 1 heterocycles. The SMILES string of the molecule is CCCOc1ccc(C(CN2CCCCC2=O)NC)cc1. The van der Waals surface area contributed by atoms with Crippen LogP contribution in [0.5, 0.6) is 5.75 Å². The van der Waals surface area contributed by atoms with E-state index in [1.165, 1.54) is 5.56 Å². The lowest BCUT2D eigenvalue weighted by atomic mass is 10.0. The van der Waals surface area contributed by atoms with Crippen LogP contribution in [-0.2, 0) is 4.79 Å². The third-order valence-electron chi connectivity index (χ3n) is 3.93. The molecule has 4 heteroatoms. The standard InChI is InChI=1S/C17H26N2O2/c1-3-12-21-15-9-7-14(8-10-15)16(18-2)13-19-11-5-4-6-17(19)20/h7-10,16,18H,3-6,11-13H2,1-2H3. The zero-order valence-electron chi connectivity index (χ0n) is 13.1. The van der Waals surface area contributed by atoms with Crippen LogP contribution < -0.4 is 10.1 Å². The summed E-state index contributed by atoms with van der Waals surface area (Å²) in [6.45, 7) is 4.47. The van der Waals surface area contributed by atoms with Gasteiger partial charge < -0.3 is 15.0 Å². The van der Waals surface area contributed by atoms with Crippen molar-refractivity contribution in [2.45, 2.75) is 38.6 Å². The number of carbonyl (C=O) groups excluding carboxylic acids is 1. The van der Waals surface area contributed by atoms with Crippen molar-refractivity contribution in [3.63, 3.8) is 0 Å². The number of amides is 1. The number of nitrogens with zero attached hydrogens (tertiary/aromatic N) is 1. The van der Waals surface area contributed by atoms with Crippen LogP contribution in [0.4, 0.5) is 0 Å². The summed E-state index contributed by atoms with van der Waals surface area (Å²) in [5, 5.41) is 3.31. The fourth-order valence-corrected chi connectivity index (χ4v) is 2.65. The topological polar surface area (TPSA) is 41.6 Å². The number of carbonyl (C=O) groups is 1. The van der Waals surface area contributed by atoms with Gasteiger partial charge in [-0.2, -0.15) is 0 Å². The molecule has 0 radical (unpaired) electrons. The largest absolute Gasteiger partial charge is 0.494 e. The first kappa shape index (κ1) is 15.8. The molecule has 1 aromatic rings. The summed E-state index contributed by atoms with van der Waals surface area (Å²) in [4.78, 5) is 13.9. The van der Waals surface area contributed by atoms with Gasteiger partial charge in [0.25, 0.3) is 0 Å². The molecule has 0 bridgehead atoms. The second-order valence-electron chi connectivity index (χ2n) is 5.56. The minimum absolute atomic E-state index is 0.173. The smallest absolute Gasteiger partial charge is 0.222 e. The first-order valence-corrected chi connectivity index (χ1v) is 7.92. The van der Waals surface area contributed by atoms with E-state index < -0.39 is 0 Å². The maximum Gasteiger partial charge on any atom is 0.222 e. The van der Waals surface area contributed by atoms with Crippen molar-refractivity contribution < 1.29 is 9.53 Å². The van der Waals surface area contributed by atoms with Crippen LogP contribution in [-0.4, -0.2) is 37.6 Å². The van der Waals surface area contributed by atoms with Gasteiger partial charge in [-0.1, -0.05) is 19.1 Å². The lowest BCUT2D eigenvalue weighted by Crippen LogP contribution is -2.40. The van der Waals surface area contributed by atoms with E-state index in [1.807, 2.05) is 24.1 Å². The molecule has 0 aromatic heterocycles. The molecule has 116 valence electrons. The van der Waals surface area contributed by atoms with Crippen LogP contribution in [0.3, 0.4) is 0 Å². The van der Waals surface area contributed by atoms with E-state index >= 15 is 0 Å². The number of ether oxygens (including phenoxy) is 1. The number of hydrogen-bond donors (Lipinski definition) is 1. The maximum atomic E-state index is 11.9. The minimum atomic E-state index is 0.173. The molecule has 0 aliphatic carbocycles. The van der Waals surface area contributed by atoms with E-state index in [1.54, 1.807) is 0 Å². The van der Waals surface area contributed by atoms with E-state index in [0.29, 0.717) is 6.42 Å². The Labute approximate surface area is 127 Å². The molecule has 1 unspecified atom stereocenters. The highest BCUT2D eigenvalue weighted by atomic mass is 16.5. The van der Waals surface area contributed by atoms with Crippen LogP contribution >= 0.6 is 0 Å². The third-order valence-corrected chi connectivity index (χ3v) is 3.93. The molecule has 4 nitrogen and oxygen atoms in total. The van der Waals surface area contributed by atoms with Crippen molar-refractivity contribution in [3.8, 4) is 5.75 Å². The van der Waals surface area contributed by atoms with Crippen molar-refractivity contribution >= 4 is 5.91 Å². The number of rotatable bonds is 7. The minimum Gasteiger partial charge on any atom is -0.494 e. The lowest BCUT2D eigenvalue weighted by molar-refractivity contribution is -0.133. The Kier molecular flexibility index (Phi) is 6.05. The van der Waals surface area contributed by atoms with Crippen molar-refractivity contribution in [2.75, 3.05) is 26.7 Å². The molecule has 1 N–H and O–H groups in total. The summed E-state index contributed by atoms with van der Waals surface area (Å²) in [7, 11) is 1.95. The number of likely N-dealkylation sites (tertiary alicyclic amines) is 1. The summed E-state index contributed by atoms with van der Waals surface area (Å²) in [6.07, 6.45) is 3.85. The summed E-state index contributed by atoms with van der Waals surface area (Å²) < 4.78 is 5.61. The van der Waals surface area contributed by atoms with Gasteiger partial charge in [0.2, 0.25) is 5.91 Å². The molecule has 1 saturated heterocycles. The zero-order valence-corrected chi connectivity index (χ0v) is 13.1. The molecule has 1 fully saturated rings. The Bertz CT molecular complexity index is 445. The van der Waals surface area contributed by atoms with Gasteiger partial charge in [-0.15, -0.1) is 0 Å². The number of likely N-dealkylation sites (N-methyl/N-ethyl adjacent to an activating group) is 1. The summed E-state index contributed by atoms with van der Waals surface area (Å²) in [6, 6.07) is 8.36. The maximum absolute atomic E-state index is 11.9. The molecule has 1 aliphatic heterocycles. The van der Waals surface area contributed by atoms with Crippen LogP contribution in [0.15, 0.2) is 24.3 Å². The second-order valence-corrected chi connectivity index (χ2v) is 5.56. The molecule has 2 rings (SSSR count). The summed E-state index contributed by atoms with van der Waals surface area (Å²) in [5.41, 5.74) is 1.19. The molecule has 1 amide bonds. The van der Waals surface area contributed by atoms with Crippen LogP contribution in [0, 0.1) is 0 Å². The summed E-state index contributed by atoms with van der Waals surface area (Å²) >= 11 is 0. The Morgan fingerprint density at radius 3 is 2.67 bits per heavy atom. The van der Waals surface area contributed by atoms with E-state index in [4.69, 9.17) is 4.74 Å². The predicted molar refractivity (Wildman–Crippen MR) is 84.5 cm³/mol. The van der Waals surface area contributed by atoms with Crippen LogP contribution in [0.25, 0.3) is 0 Å². The molecule has 1 atom stereocenters. The van der Waals surface area contributed by atoms with Gasteiger partial charge in [0.05, 0.1) is 6.61 Å². The van der Waals surface area contributed by atoms with E-state index in [2.05, 4.69) is 24.4 Å². The number of nitrogens with one attached hydrogen (secondary N) is 1. The summed E-state index contributed by atoms with van der Waals surface area (Å²) in [5.74, 6) is 1.19. The molecule has 0 spiro atoms. The average Bonchev–Trinajstić information content (AvgIpc) is 2.53. The van der Waals surface area contributed by atoms with Gasteiger partial charge in [0.15, 0.2) is 0 Å². The fraction of sp³-hybridized carbons (Fsp3) is 0.588. The second kappa shape index (κ2) is 8.03. The van der Waals surface area contributed by atoms with Gasteiger partial charge >= 0.3 is 0 Å². The molecule has 21 heavy (non-hydrogen) atoms. The van der Waals surface area contributed by atoms with E-state index in [-0.39, 0.29) is 11.9 Å². The van der Waals surface area contributed by atoms with Gasteiger partial charge in [0.1, 0.15) is 5.75 Å². The van der Waals surface area contributed by atoms with E-state index in [9.17, 15) is 4.79 Å². The number of benzene rings is 1. The first-order chi connectivity index (χ1) is 10.2. The normalized spacial score (nSPS) is 16.9. The van der Waals surface area contributed by atoms with Gasteiger partial charge in [-0.25, -0.2) is 0 Å². The Hall–Kier alpha value is -1.55. The van der Waals surface area contributed by atoms with Crippen molar-refractivity contribution in [1.29, 1.82) is 0 Å². The Morgan fingerprint density at radius 2 is 2.05 bits per heavy atom. The van der Waals surface area contributed by atoms with Gasteiger partial charge in [-0.05, 0) is 44.0 Å². The first-order valence-electron chi connectivity index (χ1n) is 7.92. The predicted octanol–water partition coefficient (Wildman–Crippen LogP) is 2.75.